The van der Waals surface area contributed by atoms with Gasteiger partial charge in [0.2, 0.25) is 5.91 Å². The second-order valence-corrected chi connectivity index (χ2v) is 5.94. The lowest BCUT2D eigenvalue weighted by Gasteiger charge is -2.38. The van der Waals surface area contributed by atoms with E-state index >= 15 is 0 Å². The molecule has 18 heavy (non-hydrogen) atoms. The van der Waals surface area contributed by atoms with Crippen LogP contribution in [0.1, 0.15) is 58.3 Å². The van der Waals surface area contributed by atoms with Gasteiger partial charge in [0.1, 0.15) is 0 Å². The molecule has 0 spiro atoms. The van der Waals surface area contributed by atoms with Crippen molar-refractivity contribution in [2.45, 2.75) is 64.3 Å². The van der Waals surface area contributed by atoms with Crippen LogP contribution in [0.3, 0.4) is 0 Å². The molecule has 0 atom stereocenters. The van der Waals surface area contributed by atoms with E-state index in [0.29, 0.717) is 11.9 Å². The van der Waals surface area contributed by atoms with E-state index in [1.165, 1.54) is 32.1 Å². The highest BCUT2D eigenvalue weighted by atomic mass is 16.2. The van der Waals surface area contributed by atoms with Gasteiger partial charge in [0.05, 0.1) is 6.04 Å². The van der Waals surface area contributed by atoms with Gasteiger partial charge in [0.25, 0.3) is 0 Å². The van der Waals surface area contributed by atoms with Crippen LogP contribution in [0, 0.1) is 5.92 Å². The number of carbonyl (C=O) groups excluding carboxylic acids is 1. The summed E-state index contributed by atoms with van der Waals surface area (Å²) >= 11 is 0. The maximum Gasteiger partial charge on any atom is 0.222 e. The molecule has 0 aromatic heterocycles. The Morgan fingerprint density at radius 2 is 1.94 bits per heavy atom. The topological polar surface area (TPSA) is 32.3 Å². The van der Waals surface area contributed by atoms with E-state index in [4.69, 9.17) is 0 Å². The maximum atomic E-state index is 12.3. The molecule has 0 radical (unpaired) electrons. The molecule has 0 aromatic rings. The number of nitrogens with zero attached hydrogens (tertiary/aromatic N) is 1. The maximum absolute atomic E-state index is 12.3. The quantitative estimate of drug-likeness (QED) is 0.788. The van der Waals surface area contributed by atoms with Crippen LogP contribution >= 0.6 is 0 Å². The molecule has 1 saturated heterocycles. The number of rotatable bonds is 6. The van der Waals surface area contributed by atoms with Crippen molar-refractivity contribution in [2.24, 2.45) is 5.92 Å². The van der Waals surface area contributed by atoms with Crippen molar-refractivity contribution in [3.63, 3.8) is 0 Å². The van der Waals surface area contributed by atoms with Crippen LogP contribution in [0.25, 0.3) is 0 Å². The van der Waals surface area contributed by atoms with Gasteiger partial charge in [0.15, 0.2) is 0 Å². The Kier molecular flexibility index (Phi) is 5.48. The fraction of sp³-hybridized carbons (Fsp3) is 0.933. The van der Waals surface area contributed by atoms with Gasteiger partial charge in [-0.2, -0.15) is 0 Å². The predicted molar refractivity (Wildman–Crippen MR) is 74.5 cm³/mol. The van der Waals surface area contributed by atoms with E-state index in [2.05, 4.69) is 17.1 Å². The molecule has 1 amide bonds. The molecule has 3 nitrogen and oxygen atoms in total. The Labute approximate surface area is 111 Å². The van der Waals surface area contributed by atoms with Crippen LogP contribution in [0.5, 0.6) is 0 Å². The first-order valence-corrected chi connectivity index (χ1v) is 7.81. The van der Waals surface area contributed by atoms with Crippen molar-refractivity contribution in [3.8, 4) is 0 Å². The number of carbonyl (C=O) groups is 1. The van der Waals surface area contributed by atoms with E-state index < -0.39 is 0 Å². The second-order valence-electron chi connectivity index (χ2n) is 5.94. The lowest BCUT2D eigenvalue weighted by atomic mass is 9.86. The Morgan fingerprint density at radius 1 is 1.22 bits per heavy atom. The summed E-state index contributed by atoms with van der Waals surface area (Å²) in [6.07, 6.45) is 9.85. The SMILES string of the molecule is CCCN(C(=O)CCC1CCCCC1)C1CNC1. The van der Waals surface area contributed by atoms with Crippen LogP contribution in [-0.4, -0.2) is 36.5 Å². The minimum absolute atomic E-state index is 0.397. The number of hydrogen-bond acceptors (Lipinski definition) is 2. The Hall–Kier alpha value is -0.570. The monoisotopic (exact) mass is 252 g/mol. The van der Waals surface area contributed by atoms with Crippen LogP contribution in [0.4, 0.5) is 0 Å². The molecule has 1 saturated carbocycles. The van der Waals surface area contributed by atoms with Crippen LogP contribution in [0.2, 0.25) is 0 Å². The van der Waals surface area contributed by atoms with Gasteiger partial charge >= 0.3 is 0 Å². The van der Waals surface area contributed by atoms with E-state index in [9.17, 15) is 4.79 Å². The third-order valence-electron chi connectivity index (χ3n) is 4.48. The molecule has 1 N–H and O–H groups in total. The van der Waals surface area contributed by atoms with Crippen molar-refractivity contribution in [3.05, 3.63) is 0 Å². The molecular formula is C15H28N2O. The summed E-state index contributed by atoms with van der Waals surface area (Å²) in [6.45, 7) is 5.09. The predicted octanol–water partition coefficient (Wildman–Crippen LogP) is 2.56. The summed E-state index contributed by atoms with van der Waals surface area (Å²) in [6, 6.07) is 0.476. The smallest absolute Gasteiger partial charge is 0.222 e. The van der Waals surface area contributed by atoms with Gasteiger partial charge in [0, 0.05) is 26.1 Å². The third-order valence-corrected chi connectivity index (χ3v) is 4.48. The molecule has 104 valence electrons. The van der Waals surface area contributed by atoms with Gasteiger partial charge in [-0.3, -0.25) is 4.79 Å². The van der Waals surface area contributed by atoms with Crippen LogP contribution in [0.15, 0.2) is 0 Å². The van der Waals surface area contributed by atoms with Gasteiger partial charge in [-0.1, -0.05) is 39.0 Å². The first kappa shape index (κ1) is 13.9. The largest absolute Gasteiger partial charge is 0.337 e. The molecule has 1 aliphatic heterocycles. The molecule has 1 heterocycles. The van der Waals surface area contributed by atoms with E-state index in [1.807, 2.05) is 0 Å². The van der Waals surface area contributed by atoms with Crippen molar-refractivity contribution in [1.82, 2.24) is 10.2 Å². The van der Waals surface area contributed by atoms with Gasteiger partial charge in [-0.05, 0) is 18.8 Å². The molecule has 0 unspecified atom stereocenters. The van der Waals surface area contributed by atoms with Crippen molar-refractivity contribution >= 4 is 5.91 Å². The summed E-state index contributed by atoms with van der Waals surface area (Å²) in [5, 5.41) is 3.27. The fourth-order valence-electron chi connectivity index (χ4n) is 3.19. The molecule has 0 bridgehead atoms. The number of nitrogens with one attached hydrogen (secondary N) is 1. The van der Waals surface area contributed by atoms with Crippen molar-refractivity contribution < 1.29 is 4.79 Å². The molecular weight excluding hydrogens is 224 g/mol. The van der Waals surface area contributed by atoms with E-state index in [1.54, 1.807) is 0 Å². The summed E-state index contributed by atoms with van der Waals surface area (Å²) in [7, 11) is 0. The highest BCUT2D eigenvalue weighted by molar-refractivity contribution is 5.76. The van der Waals surface area contributed by atoms with Crippen LogP contribution in [-0.2, 0) is 4.79 Å². The van der Waals surface area contributed by atoms with Crippen molar-refractivity contribution in [1.29, 1.82) is 0 Å². The Morgan fingerprint density at radius 3 is 2.50 bits per heavy atom. The molecule has 2 rings (SSSR count). The highest BCUT2D eigenvalue weighted by Crippen LogP contribution is 2.27. The summed E-state index contributed by atoms with van der Waals surface area (Å²) < 4.78 is 0. The van der Waals surface area contributed by atoms with Gasteiger partial charge < -0.3 is 10.2 Å². The summed E-state index contributed by atoms with van der Waals surface area (Å²) in [5.74, 6) is 1.22. The van der Waals surface area contributed by atoms with Gasteiger partial charge in [-0.25, -0.2) is 0 Å². The molecule has 3 heteroatoms. The fourth-order valence-corrected chi connectivity index (χ4v) is 3.19. The first-order valence-electron chi connectivity index (χ1n) is 7.81. The van der Waals surface area contributed by atoms with Crippen molar-refractivity contribution in [2.75, 3.05) is 19.6 Å². The van der Waals surface area contributed by atoms with E-state index in [-0.39, 0.29) is 0 Å². The zero-order valence-corrected chi connectivity index (χ0v) is 11.8. The molecule has 0 aromatic carbocycles. The average Bonchev–Trinajstić information content (AvgIpc) is 2.34. The van der Waals surface area contributed by atoms with E-state index in [0.717, 1.165) is 44.8 Å². The first-order chi connectivity index (χ1) is 8.81. The lowest BCUT2D eigenvalue weighted by molar-refractivity contribution is -0.135. The lowest BCUT2D eigenvalue weighted by Crippen LogP contribution is -2.59. The second kappa shape index (κ2) is 7.13. The third kappa shape index (κ3) is 3.71. The molecule has 2 fully saturated rings. The zero-order chi connectivity index (χ0) is 12.8. The number of amides is 1. The summed E-state index contributed by atoms with van der Waals surface area (Å²) in [5.41, 5.74) is 0. The zero-order valence-electron chi connectivity index (χ0n) is 11.8. The number of hydrogen-bond donors (Lipinski definition) is 1. The summed E-state index contributed by atoms with van der Waals surface area (Å²) in [4.78, 5) is 14.4. The minimum atomic E-state index is 0.397. The average molecular weight is 252 g/mol. The highest BCUT2D eigenvalue weighted by Gasteiger charge is 2.28. The molecule has 2 aliphatic rings. The standard InChI is InChI=1S/C15H28N2O/c1-2-10-17(14-11-16-12-14)15(18)9-8-13-6-4-3-5-7-13/h13-14,16H,2-12H2,1H3. The molecule has 1 aliphatic carbocycles. The Balaban J connectivity index is 1.73. The Bertz CT molecular complexity index is 257. The minimum Gasteiger partial charge on any atom is -0.337 e. The van der Waals surface area contributed by atoms with Crippen LogP contribution < -0.4 is 5.32 Å². The normalized spacial score (nSPS) is 21.6. The van der Waals surface area contributed by atoms with Gasteiger partial charge in [-0.15, -0.1) is 0 Å².